The van der Waals surface area contributed by atoms with Crippen LogP contribution in [0.4, 0.5) is 0 Å². The molecule has 2 heterocycles. The Labute approximate surface area is 177 Å². The summed E-state index contributed by atoms with van der Waals surface area (Å²) in [5.41, 5.74) is 1.79. The van der Waals surface area contributed by atoms with Crippen molar-refractivity contribution >= 4 is 28.7 Å². The van der Waals surface area contributed by atoms with Gasteiger partial charge in [-0.25, -0.2) is 0 Å². The van der Waals surface area contributed by atoms with E-state index in [-0.39, 0.29) is 30.3 Å². The molecule has 2 aromatic rings. The Hall–Kier alpha value is -2.83. The lowest BCUT2D eigenvalue weighted by molar-refractivity contribution is -0.155. The third-order valence-corrected chi connectivity index (χ3v) is 5.49. The fourth-order valence-electron chi connectivity index (χ4n) is 3.77. The van der Waals surface area contributed by atoms with Gasteiger partial charge in [-0.1, -0.05) is 39.0 Å². The van der Waals surface area contributed by atoms with Crippen LogP contribution < -0.4 is 5.32 Å². The number of aromatic amines is 1. The molecule has 1 aromatic carbocycles. The van der Waals surface area contributed by atoms with Gasteiger partial charge in [0.1, 0.15) is 0 Å². The van der Waals surface area contributed by atoms with Gasteiger partial charge in [0.05, 0.1) is 5.92 Å². The maximum absolute atomic E-state index is 12.3. The average molecular weight is 414 g/mol. The molecule has 7 heteroatoms. The van der Waals surface area contributed by atoms with Gasteiger partial charge in [-0.15, -0.1) is 0 Å². The van der Waals surface area contributed by atoms with Gasteiger partial charge >= 0.3 is 5.97 Å². The highest BCUT2D eigenvalue weighted by Gasteiger charge is 2.33. The number of carbonyl (C=O) groups is 3. The number of amides is 2. The molecule has 1 aromatic heterocycles. The van der Waals surface area contributed by atoms with Crippen molar-refractivity contribution < 1.29 is 19.1 Å². The first-order valence-corrected chi connectivity index (χ1v) is 10.5. The molecule has 162 valence electrons. The Bertz CT molecular complexity index is 905. The first-order chi connectivity index (χ1) is 14.3. The van der Waals surface area contributed by atoms with E-state index in [0.717, 1.165) is 16.5 Å². The van der Waals surface area contributed by atoms with Crippen LogP contribution in [-0.2, 0) is 25.5 Å². The monoisotopic (exact) mass is 413 g/mol. The Morgan fingerprint density at radius 3 is 2.57 bits per heavy atom. The molecule has 0 bridgehead atoms. The van der Waals surface area contributed by atoms with E-state index in [1.807, 2.05) is 51.2 Å². The zero-order valence-corrected chi connectivity index (χ0v) is 18.0. The SMILES string of the molecule is CC(C)(C)C(=O)N1CCC(C(=O)OCC(=O)NCCc2c[nH]c3ccccc23)CC1. The van der Waals surface area contributed by atoms with Crippen LogP contribution in [0.3, 0.4) is 0 Å². The summed E-state index contributed by atoms with van der Waals surface area (Å²) in [4.78, 5) is 41.6. The van der Waals surface area contributed by atoms with Crippen LogP contribution in [-0.4, -0.2) is 53.9 Å². The van der Waals surface area contributed by atoms with Crippen molar-refractivity contribution in [2.24, 2.45) is 11.3 Å². The highest BCUT2D eigenvalue weighted by molar-refractivity contribution is 5.84. The Balaban J connectivity index is 1.36. The highest BCUT2D eigenvalue weighted by atomic mass is 16.5. The minimum absolute atomic E-state index is 0.101. The standard InChI is InChI=1S/C23H31N3O4/c1-23(2,3)22(29)26-12-9-16(10-13-26)21(28)30-15-20(27)24-11-8-17-14-25-19-7-5-4-6-18(17)19/h4-7,14,16,25H,8-13,15H2,1-3H3,(H,24,27). The summed E-state index contributed by atoms with van der Waals surface area (Å²) in [5.74, 6) is -0.815. The summed E-state index contributed by atoms with van der Waals surface area (Å²) in [5, 5.41) is 3.95. The number of carbonyl (C=O) groups excluding carboxylic acids is 3. The summed E-state index contributed by atoms with van der Waals surface area (Å²) >= 11 is 0. The zero-order valence-electron chi connectivity index (χ0n) is 18.0. The van der Waals surface area contributed by atoms with Gasteiger partial charge < -0.3 is 19.9 Å². The number of hydrogen-bond acceptors (Lipinski definition) is 4. The number of benzene rings is 1. The topological polar surface area (TPSA) is 91.5 Å². The number of H-pyrrole nitrogens is 1. The van der Waals surface area contributed by atoms with Crippen molar-refractivity contribution in [1.29, 1.82) is 0 Å². The third kappa shape index (κ3) is 5.40. The lowest BCUT2D eigenvalue weighted by atomic mass is 9.91. The number of aromatic nitrogens is 1. The van der Waals surface area contributed by atoms with Crippen LogP contribution in [0.5, 0.6) is 0 Å². The molecular formula is C23H31N3O4. The molecule has 0 saturated carbocycles. The lowest BCUT2D eigenvalue weighted by Gasteiger charge is -2.34. The molecule has 7 nitrogen and oxygen atoms in total. The predicted molar refractivity (Wildman–Crippen MR) is 115 cm³/mol. The van der Waals surface area contributed by atoms with E-state index < -0.39 is 5.41 Å². The van der Waals surface area contributed by atoms with Gasteiger partial charge in [-0.05, 0) is 30.9 Å². The number of nitrogens with zero attached hydrogens (tertiary/aromatic N) is 1. The molecule has 30 heavy (non-hydrogen) atoms. The van der Waals surface area contributed by atoms with Crippen LogP contribution in [0.1, 0.15) is 39.2 Å². The lowest BCUT2D eigenvalue weighted by Crippen LogP contribution is -2.45. The van der Waals surface area contributed by atoms with Crippen molar-refractivity contribution in [3.05, 3.63) is 36.0 Å². The van der Waals surface area contributed by atoms with Crippen molar-refractivity contribution in [2.45, 2.75) is 40.0 Å². The van der Waals surface area contributed by atoms with Crippen LogP contribution in [0.2, 0.25) is 0 Å². The summed E-state index contributed by atoms with van der Waals surface area (Å²) < 4.78 is 5.20. The maximum Gasteiger partial charge on any atom is 0.309 e. The van der Waals surface area contributed by atoms with Gasteiger partial charge in [0.25, 0.3) is 5.91 Å². The van der Waals surface area contributed by atoms with Crippen LogP contribution in [0, 0.1) is 11.3 Å². The van der Waals surface area contributed by atoms with E-state index in [1.165, 1.54) is 0 Å². The molecule has 2 amide bonds. The summed E-state index contributed by atoms with van der Waals surface area (Å²) in [6.45, 7) is 6.99. The average Bonchev–Trinajstić information content (AvgIpc) is 3.14. The minimum atomic E-state index is -0.419. The van der Waals surface area contributed by atoms with E-state index in [4.69, 9.17) is 4.74 Å². The molecule has 0 spiro atoms. The molecular weight excluding hydrogens is 382 g/mol. The summed E-state index contributed by atoms with van der Waals surface area (Å²) in [6.07, 6.45) is 3.79. The van der Waals surface area contributed by atoms with Crippen molar-refractivity contribution in [1.82, 2.24) is 15.2 Å². The largest absolute Gasteiger partial charge is 0.455 e. The van der Waals surface area contributed by atoms with Crippen molar-refractivity contribution in [3.63, 3.8) is 0 Å². The van der Waals surface area contributed by atoms with Crippen LogP contribution >= 0.6 is 0 Å². The third-order valence-electron chi connectivity index (χ3n) is 5.49. The molecule has 3 rings (SSSR count). The molecule has 0 atom stereocenters. The molecule has 1 fully saturated rings. The number of fused-ring (bicyclic) bond motifs is 1. The van der Waals surface area contributed by atoms with E-state index >= 15 is 0 Å². The normalized spacial score (nSPS) is 15.2. The Morgan fingerprint density at radius 1 is 1.17 bits per heavy atom. The number of esters is 1. The molecule has 2 N–H and O–H groups in total. The minimum Gasteiger partial charge on any atom is -0.455 e. The van der Waals surface area contributed by atoms with Gasteiger partial charge in [0.2, 0.25) is 5.91 Å². The molecule has 0 radical (unpaired) electrons. The summed E-state index contributed by atoms with van der Waals surface area (Å²) in [6, 6.07) is 8.03. The number of piperidine rings is 1. The number of rotatable bonds is 6. The highest BCUT2D eigenvalue weighted by Crippen LogP contribution is 2.24. The molecule has 1 aliphatic heterocycles. The maximum atomic E-state index is 12.3. The Kier molecular flexibility index (Phi) is 6.80. The van der Waals surface area contributed by atoms with Crippen molar-refractivity contribution in [2.75, 3.05) is 26.2 Å². The second kappa shape index (κ2) is 9.32. The molecule has 0 unspecified atom stereocenters. The van der Waals surface area contributed by atoms with Gasteiger partial charge in [0, 0.05) is 42.1 Å². The molecule has 1 aliphatic rings. The van der Waals surface area contributed by atoms with E-state index in [0.29, 0.717) is 38.9 Å². The zero-order chi connectivity index (χ0) is 21.7. The predicted octanol–water partition coefficient (Wildman–Crippen LogP) is 2.65. The number of para-hydroxylation sites is 1. The van der Waals surface area contributed by atoms with E-state index in [2.05, 4.69) is 10.3 Å². The van der Waals surface area contributed by atoms with Crippen molar-refractivity contribution in [3.8, 4) is 0 Å². The first kappa shape index (κ1) is 21.9. The number of ether oxygens (including phenoxy) is 1. The van der Waals surface area contributed by atoms with Crippen LogP contribution in [0.25, 0.3) is 10.9 Å². The van der Waals surface area contributed by atoms with E-state index in [9.17, 15) is 14.4 Å². The second-order valence-electron chi connectivity index (χ2n) is 8.88. The quantitative estimate of drug-likeness (QED) is 0.712. The second-order valence-corrected chi connectivity index (χ2v) is 8.88. The van der Waals surface area contributed by atoms with Gasteiger partial charge in [-0.2, -0.15) is 0 Å². The summed E-state index contributed by atoms with van der Waals surface area (Å²) in [7, 11) is 0. The smallest absolute Gasteiger partial charge is 0.309 e. The Morgan fingerprint density at radius 2 is 1.87 bits per heavy atom. The number of nitrogens with one attached hydrogen (secondary N) is 2. The molecule has 1 saturated heterocycles. The first-order valence-electron chi connectivity index (χ1n) is 10.5. The van der Waals surface area contributed by atoms with Gasteiger partial charge in [0.15, 0.2) is 6.61 Å². The number of hydrogen-bond donors (Lipinski definition) is 2. The van der Waals surface area contributed by atoms with Gasteiger partial charge in [-0.3, -0.25) is 14.4 Å². The van der Waals surface area contributed by atoms with E-state index in [1.54, 1.807) is 4.90 Å². The fraction of sp³-hybridized carbons (Fsp3) is 0.522. The number of likely N-dealkylation sites (tertiary alicyclic amines) is 1. The fourth-order valence-corrected chi connectivity index (χ4v) is 3.77. The molecule has 0 aliphatic carbocycles. The van der Waals surface area contributed by atoms with Crippen LogP contribution in [0.15, 0.2) is 30.5 Å².